The van der Waals surface area contributed by atoms with E-state index in [-0.39, 0.29) is 10.5 Å². The molecule has 0 saturated heterocycles. The molecule has 0 radical (unpaired) electrons. The summed E-state index contributed by atoms with van der Waals surface area (Å²) in [5, 5.41) is 0. The van der Waals surface area contributed by atoms with Gasteiger partial charge in [0.05, 0.1) is 22.1 Å². The molecule has 2 aromatic heterocycles. The fourth-order valence-corrected chi connectivity index (χ4v) is 3.83. The highest BCUT2D eigenvalue weighted by Gasteiger charge is 2.18. The van der Waals surface area contributed by atoms with Crippen LogP contribution in [-0.2, 0) is 0 Å². The number of imidazole rings is 1. The highest BCUT2D eigenvalue weighted by Crippen LogP contribution is 2.38. The average molecular weight is 386 g/mol. The minimum absolute atomic E-state index is 0.00317. The van der Waals surface area contributed by atoms with Crippen LogP contribution in [0.3, 0.4) is 0 Å². The summed E-state index contributed by atoms with van der Waals surface area (Å²) in [6.45, 7) is 1.92. The lowest BCUT2D eigenvalue weighted by Gasteiger charge is -2.11. The first-order valence-electron chi connectivity index (χ1n) is 5.66. The third-order valence-corrected chi connectivity index (χ3v) is 4.75. The summed E-state index contributed by atoms with van der Waals surface area (Å²) in [6.07, 6.45) is 1.67. The predicted molar refractivity (Wildman–Crippen MR) is 80.8 cm³/mol. The van der Waals surface area contributed by atoms with Crippen molar-refractivity contribution in [2.24, 2.45) is 0 Å². The lowest BCUT2D eigenvalue weighted by molar-refractivity contribution is 0.530. The Hall–Kier alpha value is -1.27. The van der Waals surface area contributed by atoms with E-state index in [0.717, 1.165) is 32.4 Å². The Balaban J connectivity index is 2.16. The molecule has 0 fully saturated rings. The van der Waals surface area contributed by atoms with Gasteiger partial charge >= 0.3 is 5.69 Å². The van der Waals surface area contributed by atoms with Crippen LogP contribution in [0.25, 0.3) is 11.0 Å². The van der Waals surface area contributed by atoms with Crippen LogP contribution in [0.5, 0.6) is 0 Å². The van der Waals surface area contributed by atoms with Gasteiger partial charge in [-0.1, -0.05) is 31.9 Å². The Morgan fingerprint density at radius 1 is 1.21 bits per heavy atom. The zero-order valence-electron chi connectivity index (χ0n) is 9.96. The number of aromatic nitrogens is 2. The Labute approximate surface area is 125 Å². The summed E-state index contributed by atoms with van der Waals surface area (Å²) in [6, 6.07) is 5.78. The summed E-state index contributed by atoms with van der Waals surface area (Å²) in [5.74, 6) is 0.872. The van der Waals surface area contributed by atoms with Gasteiger partial charge < -0.3 is 14.4 Å². The SMILES string of the molecule is Cc1occc1C(Br)c1cc2[nH]c(=O)[nH]c2cc1Br. The second-order valence-electron chi connectivity index (χ2n) is 4.29. The van der Waals surface area contributed by atoms with Crippen molar-refractivity contribution in [3.63, 3.8) is 0 Å². The minimum Gasteiger partial charge on any atom is -0.469 e. The number of furan rings is 1. The van der Waals surface area contributed by atoms with Gasteiger partial charge in [0.15, 0.2) is 0 Å². The average Bonchev–Trinajstić information content (AvgIpc) is 2.92. The molecule has 4 nitrogen and oxygen atoms in total. The van der Waals surface area contributed by atoms with Crippen LogP contribution in [-0.4, -0.2) is 9.97 Å². The molecule has 0 bridgehead atoms. The molecule has 98 valence electrons. The molecule has 19 heavy (non-hydrogen) atoms. The fraction of sp³-hybridized carbons (Fsp3) is 0.154. The number of halogens is 2. The first kappa shape index (κ1) is 12.7. The van der Waals surface area contributed by atoms with Crippen LogP contribution < -0.4 is 5.69 Å². The number of aromatic amines is 2. The monoisotopic (exact) mass is 384 g/mol. The van der Waals surface area contributed by atoms with E-state index in [1.54, 1.807) is 6.26 Å². The number of aryl methyl sites for hydroxylation is 1. The summed E-state index contributed by atoms with van der Waals surface area (Å²) in [7, 11) is 0. The molecule has 0 saturated carbocycles. The summed E-state index contributed by atoms with van der Waals surface area (Å²) in [5.41, 5.74) is 3.47. The Bertz CT molecular complexity index is 800. The van der Waals surface area contributed by atoms with Crippen molar-refractivity contribution < 1.29 is 4.42 Å². The largest absolute Gasteiger partial charge is 0.469 e. The minimum atomic E-state index is -0.204. The van der Waals surface area contributed by atoms with Crippen molar-refractivity contribution in [3.8, 4) is 0 Å². The van der Waals surface area contributed by atoms with E-state index >= 15 is 0 Å². The van der Waals surface area contributed by atoms with E-state index in [1.165, 1.54) is 0 Å². The maximum absolute atomic E-state index is 11.3. The molecule has 1 atom stereocenters. The van der Waals surface area contributed by atoms with Crippen molar-refractivity contribution in [1.82, 2.24) is 9.97 Å². The van der Waals surface area contributed by atoms with Gasteiger partial charge in [0.2, 0.25) is 0 Å². The van der Waals surface area contributed by atoms with E-state index in [2.05, 4.69) is 41.8 Å². The van der Waals surface area contributed by atoms with Crippen LogP contribution in [0.15, 0.2) is 38.1 Å². The smallest absolute Gasteiger partial charge is 0.323 e. The molecule has 0 aliphatic carbocycles. The normalized spacial score (nSPS) is 13.0. The number of H-pyrrole nitrogens is 2. The van der Waals surface area contributed by atoms with Crippen LogP contribution in [0.1, 0.15) is 21.7 Å². The van der Waals surface area contributed by atoms with Gasteiger partial charge in [0, 0.05) is 10.0 Å². The van der Waals surface area contributed by atoms with E-state index in [4.69, 9.17) is 4.42 Å². The molecule has 6 heteroatoms. The maximum atomic E-state index is 11.3. The second-order valence-corrected chi connectivity index (χ2v) is 6.06. The number of nitrogens with one attached hydrogen (secondary N) is 2. The highest BCUT2D eigenvalue weighted by atomic mass is 79.9. The van der Waals surface area contributed by atoms with Crippen LogP contribution in [0.2, 0.25) is 0 Å². The van der Waals surface area contributed by atoms with Gasteiger partial charge in [0.25, 0.3) is 0 Å². The molecule has 3 aromatic rings. The maximum Gasteiger partial charge on any atom is 0.323 e. The zero-order chi connectivity index (χ0) is 13.6. The third kappa shape index (κ3) is 2.19. The lowest BCUT2D eigenvalue weighted by atomic mass is 10.1. The Kier molecular flexibility index (Phi) is 3.14. The lowest BCUT2D eigenvalue weighted by Crippen LogP contribution is -1.99. The summed E-state index contributed by atoms with van der Waals surface area (Å²) < 4.78 is 6.26. The molecule has 1 aromatic carbocycles. The number of rotatable bonds is 2. The van der Waals surface area contributed by atoms with E-state index in [9.17, 15) is 4.79 Å². The van der Waals surface area contributed by atoms with Crippen molar-refractivity contribution in [2.75, 3.05) is 0 Å². The molecule has 1 unspecified atom stereocenters. The Morgan fingerprint density at radius 2 is 1.89 bits per heavy atom. The molecular weight excluding hydrogens is 376 g/mol. The molecule has 0 spiro atoms. The highest BCUT2D eigenvalue weighted by molar-refractivity contribution is 9.11. The van der Waals surface area contributed by atoms with Gasteiger partial charge in [-0.2, -0.15) is 0 Å². The van der Waals surface area contributed by atoms with Gasteiger partial charge in [-0.25, -0.2) is 4.79 Å². The van der Waals surface area contributed by atoms with Crippen molar-refractivity contribution in [2.45, 2.75) is 11.8 Å². The molecule has 2 heterocycles. The number of benzene rings is 1. The molecule has 3 rings (SSSR count). The fourth-order valence-electron chi connectivity index (χ4n) is 2.09. The van der Waals surface area contributed by atoms with Gasteiger partial charge in [-0.3, -0.25) is 0 Å². The van der Waals surface area contributed by atoms with Crippen molar-refractivity contribution in [1.29, 1.82) is 0 Å². The molecular formula is C13H10Br2N2O2. The van der Waals surface area contributed by atoms with E-state index < -0.39 is 0 Å². The summed E-state index contributed by atoms with van der Waals surface area (Å²) in [4.78, 5) is 16.8. The van der Waals surface area contributed by atoms with Crippen molar-refractivity contribution >= 4 is 42.9 Å². The number of alkyl halides is 1. The van der Waals surface area contributed by atoms with Gasteiger partial charge in [0.1, 0.15) is 5.76 Å². The second kappa shape index (κ2) is 4.68. The first-order valence-corrected chi connectivity index (χ1v) is 7.36. The summed E-state index contributed by atoms with van der Waals surface area (Å²) >= 11 is 7.22. The quantitative estimate of drug-likeness (QED) is 0.655. The van der Waals surface area contributed by atoms with Gasteiger partial charge in [-0.15, -0.1) is 0 Å². The predicted octanol–water partition coefficient (Wildman–Crippen LogP) is 4.00. The molecule has 2 N–H and O–H groups in total. The van der Waals surface area contributed by atoms with Crippen LogP contribution in [0.4, 0.5) is 0 Å². The molecule has 0 amide bonds. The van der Waals surface area contributed by atoms with Gasteiger partial charge in [-0.05, 0) is 30.7 Å². The number of fused-ring (bicyclic) bond motifs is 1. The van der Waals surface area contributed by atoms with E-state index in [1.807, 2.05) is 25.1 Å². The molecule has 0 aliphatic heterocycles. The number of hydrogen-bond donors (Lipinski definition) is 2. The first-order chi connectivity index (χ1) is 9.06. The zero-order valence-corrected chi connectivity index (χ0v) is 13.1. The van der Waals surface area contributed by atoms with Crippen molar-refractivity contribution in [3.05, 3.63) is 56.3 Å². The van der Waals surface area contributed by atoms with E-state index in [0.29, 0.717) is 0 Å². The standard InChI is InChI=1S/C13H10Br2N2O2/c1-6-7(2-3-19-6)12(15)8-4-10-11(5-9(8)14)17-13(18)16-10/h2-5,12H,1H3,(H2,16,17,18). The third-order valence-electron chi connectivity index (χ3n) is 3.08. The van der Waals surface area contributed by atoms with Crippen LogP contribution in [0, 0.1) is 6.92 Å². The number of hydrogen-bond acceptors (Lipinski definition) is 2. The Morgan fingerprint density at radius 3 is 2.53 bits per heavy atom. The van der Waals surface area contributed by atoms with Crippen LogP contribution >= 0.6 is 31.9 Å². The topological polar surface area (TPSA) is 61.8 Å². The molecule has 0 aliphatic rings.